The van der Waals surface area contributed by atoms with Crippen molar-refractivity contribution in [2.75, 3.05) is 0 Å². The number of rotatable bonds is 3. The van der Waals surface area contributed by atoms with E-state index in [4.69, 9.17) is 10.8 Å². The summed E-state index contributed by atoms with van der Waals surface area (Å²) in [5.41, 5.74) is 7.07. The first-order valence-electron chi connectivity index (χ1n) is 13.1. The Morgan fingerprint density at radius 2 is 1.57 bits per heavy atom. The van der Waals surface area contributed by atoms with Gasteiger partial charge in [-0.2, -0.15) is 0 Å². The molecule has 170 valence electrons. The van der Waals surface area contributed by atoms with Crippen LogP contribution in [0.1, 0.15) is 44.9 Å². The van der Waals surface area contributed by atoms with Crippen molar-refractivity contribution in [1.29, 1.82) is 0 Å². The van der Waals surface area contributed by atoms with Gasteiger partial charge in [0.15, 0.2) is 0 Å². The van der Waals surface area contributed by atoms with E-state index in [0.29, 0.717) is 0 Å². The first-order chi connectivity index (χ1) is 17.7. The van der Waals surface area contributed by atoms with Gasteiger partial charge in [-0.25, -0.2) is 0 Å². The molecule has 2 nitrogen and oxygen atoms in total. The highest BCUT2D eigenvalue weighted by Gasteiger charge is 2.17. The Hall–Kier alpha value is -3.91. The average Bonchev–Trinajstić information content (AvgIpc) is 3.33. The van der Waals surface area contributed by atoms with Crippen LogP contribution < -0.4 is 0 Å². The van der Waals surface area contributed by atoms with Crippen molar-refractivity contribution >= 4 is 32.7 Å². The van der Waals surface area contributed by atoms with Gasteiger partial charge in [-0.3, -0.25) is 4.98 Å². The van der Waals surface area contributed by atoms with Gasteiger partial charge in [-0.15, -0.1) is 0 Å². The minimum atomic E-state index is -0.429. The van der Waals surface area contributed by atoms with Crippen LogP contribution >= 0.6 is 0 Å². The second kappa shape index (κ2) is 8.39. The molecule has 1 aliphatic rings. The first-order valence-corrected chi connectivity index (χ1v) is 12.6. The second-order valence-electron chi connectivity index (χ2n) is 9.62. The summed E-state index contributed by atoms with van der Waals surface area (Å²) >= 11 is 0. The number of hydrogen-bond acceptors (Lipinski definition) is 2. The fraction of sp³-hybridized carbons (Fsp3) is 0.182. The van der Waals surface area contributed by atoms with Crippen molar-refractivity contribution in [3.05, 3.63) is 103 Å². The molecular formula is C33H27NO. The largest absolute Gasteiger partial charge is 0.455 e. The van der Waals surface area contributed by atoms with Crippen molar-refractivity contribution in [1.82, 2.24) is 4.98 Å². The molecule has 4 aromatic carbocycles. The molecule has 1 aliphatic carbocycles. The summed E-state index contributed by atoms with van der Waals surface area (Å²) in [6.45, 7) is 0. The third kappa shape index (κ3) is 3.52. The van der Waals surface area contributed by atoms with Gasteiger partial charge in [0.05, 0.1) is 5.69 Å². The first kappa shape index (κ1) is 19.4. The predicted octanol–water partition coefficient (Wildman–Crippen LogP) is 9.52. The molecular weight excluding hydrogens is 426 g/mol. The summed E-state index contributed by atoms with van der Waals surface area (Å²) < 4.78 is 15.4. The van der Waals surface area contributed by atoms with Crippen LogP contribution in [0.25, 0.3) is 55.1 Å². The second-order valence-corrected chi connectivity index (χ2v) is 9.62. The SMILES string of the molecule is [2H]C1(c2ccc(-c3ccnc(-c4cccc5c4oc4ccc6ccccc6c45)c3)cc2)CCCCC1. The highest BCUT2D eigenvalue weighted by Crippen LogP contribution is 2.39. The minimum Gasteiger partial charge on any atom is -0.455 e. The Labute approximate surface area is 206 Å². The monoisotopic (exact) mass is 454 g/mol. The maximum atomic E-state index is 8.94. The number of para-hydroxylation sites is 1. The summed E-state index contributed by atoms with van der Waals surface area (Å²) in [5.74, 6) is -0.429. The standard InChI is InChI=1S/C33H27NO/c1-2-7-22(8-3-1)23-13-15-24(16-14-23)26-19-20-34-30(21-26)28-11-6-12-29-32-27-10-5-4-9-25(27)17-18-31(32)35-33(28)29/h4-6,9-22H,1-3,7-8H2/i22D. The number of pyridine rings is 1. The normalized spacial score (nSPS) is 16.1. The van der Waals surface area contributed by atoms with E-state index in [-0.39, 0.29) is 0 Å². The van der Waals surface area contributed by atoms with Crippen LogP contribution in [0.3, 0.4) is 0 Å². The molecule has 2 aromatic heterocycles. The molecule has 0 aliphatic heterocycles. The zero-order valence-corrected chi connectivity index (χ0v) is 19.6. The third-order valence-electron chi connectivity index (χ3n) is 7.51. The van der Waals surface area contributed by atoms with E-state index in [1.807, 2.05) is 6.20 Å². The Bertz CT molecular complexity index is 1720. The van der Waals surface area contributed by atoms with Gasteiger partial charge in [0, 0.05) is 23.9 Å². The highest BCUT2D eigenvalue weighted by atomic mass is 16.3. The van der Waals surface area contributed by atoms with Gasteiger partial charge >= 0.3 is 0 Å². The lowest BCUT2D eigenvalue weighted by Crippen LogP contribution is -2.04. The molecule has 35 heavy (non-hydrogen) atoms. The van der Waals surface area contributed by atoms with E-state index in [2.05, 4.69) is 91.0 Å². The van der Waals surface area contributed by atoms with Crippen molar-refractivity contribution in [2.45, 2.75) is 38.0 Å². The molecule has 1 fully saturated rings. The number of hydrogen-bond donors (Lipinski definition) is 0. The molecule has 0 saturated heterocycles. The predicted molar refractivity (Wildman–Crippen MR) is 146 cm³/mol. The van der Waals surface area contributed by atoms with Gasteiger partial charge in [0.25, 0.3) is 0 Å². The summed E-state index contributed by atoms with van der Waals surface area (Å²) in [6, 6.07) is 31.8. The third-order valence-corrected chi connectivity index (χ3v) is 7.51. The fourth-order valence-corrected chi connectivity index (χ4v) is 5.69. The van der Waals surface area contributed by atoms with Crippen molar-refractivity contribution < 1.29 is 5.79 Å². The number of aromatic nitrogens is 1. The molecule has 1 saturated carbocycles. The highest BCUT2D eigenvalue weighted by molar-refractivity contribution is 6.20. The molecule has 0 spiro atoms. The van der Waals surface area contributed by atoms with Crippen LogP contribution in [0.5, 0.6) is 0 Å². The Morgan fingerprint density at radius 3 is 2.46 bits per heavy atom. The van der Waals surface area contributed by atoms with Gasteiger partial charge in [-0.05, 0) is 70.5 Å². The molecule has 0 atom stereocenters. The maximum Gasteiger partial charge on any atom is 0.144 e. The average molecular weight is 455 g/mol. The lowest BCUT2D eigenvalue weighted by Gasteiger charge is -2.22. The van der Waals surface area contributed by atoms with E-state index >= 15 is 0 Å². The van der Waals surface area contributed by atoms with E-state index in [1.54, 1.807) is 0 Å². The number of nitrogens with zero attached hydrogens (tertiary/aromatic N) is 1. The minimum absolute atomic E-state index is 0.429. The van der Waals surface area contributed by atoms with Gasteiger partial charge in [0.2, 0.25) is 0 Å². The van der Waals surface area contributed by atoms with E-state index < -0.39 is 5.89 Å². The van der Waals surface area contributed by atoms with Crippen LogP contribution in [-0.2, 0) is 0 Å². The van der Waals surface area contributed by atoms with Crippen LogP contribution in [0.4, 0.5) is 0 Å². The lowest BCUT2D eigenvalue weighted by atomic mass is 9.84. The molecule has 6 aromatic rings. The molecule has 0 N–H and O–H groups in total. The maximum absolute atomic E-state index is 8.94. The molecule has 0 amide bonds. The summed E-state index contributed by atoms with van der Waals surface area (Å²) in [4.78, 5) is 4.73. The topological polar surface area (TPSA) is 26.0 Å². The van der Waals surface area contributed by atoms with Crippen molar-refractivity contribution in [3.8, 4) is 22.4 Å². The smallest absolute Gasteiger partial charge is 0.144 e. The molecule has 0 unspecified atom stereocenters. The Balaban J connectivity index is 1.31. The van der Waals surface area contributed by atoms with Crippen LogP contribution in [-0.4, -0.2) is 4.98 Å². The Morgan fingerprint density at radius 1 is 0.743 bits per heavy atom. The summed E-state index contributed by atoms with van der Waals surface area (Å²) in [6.07, 6.45) is 7.37. The zero-order chi connectivity index (χ0) is 24.1. The van der Waals surface area contributed by atoms with Gasteiger partial charge < -0.3 is 4.42 Å². The summed E-state index contributed by atoms with van der Waals surface area (Å²) in [5, 5.41) is 4.69. The van der Waals surface area contributed by atoms with E-state index in [1.165, 1.54) is 17.2 Å². The van der Waals surface area contributed by atoms with E-state index in [9.17, 15) is 0 Å². The van der Waals surface area contributed by atoms with Crippen LogP contribution in [0.2, 0.25) is 0 Å². The number of furan rings is 1. The molecule has 2 heteroatoms. The zero-order valence-electron chi connectivity index (χ0n) is 20.6. The quantitative estimate of drug-likeness (QED) is 0.266. The van der Waals surface area contributed by atoms with Crippen molar-refractivity contribution in [2.24, 2.45) is 0 Å². The lowest BCUT2D eigenvalue weighted by molar-refractivity contribution is 0.443. The Kier molecular flexibility index (Phi) is 4.65. The summed E-state index contributed by atoms with van der Waals surface area (Å²) in [7, 11) is 0. The molecule has 7 rings (SSSR count). The number of fused-ring (bicyclic) bond motifs is 5. The molecule has 0 bridgehead atoms. The fourth-order valence-electron chi connectivity index (χ4n) is 5.69. The van der Waals surface area contributed by atoms with Crippen LogP contribution in [0.15, 0.2) is 102 Å². The molecule has 0 radical (unpaired) electrons. The molecule has 2 heterocycles. The van der Waals surface area contributed by atoms with E-state index in [0.717, 1.165) is 75.6 Å². The van der Waals surface area contributed by atoms with Crippen LogP contribution in [0, 0.1) is 0 Å². The van der Waals surface area contributed by atoms with Gasteiger partial charge in [0.1, 0.15) is 11.2 Å². The van der Waals surface area contributed by atoms with Gasteiger partial charge in [-0.1, -0.05) is 86.0 Å². The van der Waals surface area contributed by atoms with Crippen molar-refractivity contribution in [3.63, 3.8) is 0 Å². The number of benzene rings is 4.